The molecule has 22 heavy (non-hydrogen) atoms. The maximum Gasteiger partial charge on any atom is 0.252 e. The highest BCUT2D eigenvalue weighted by Crippen LogP contribution is 2.17. The van der Waals surface area contributed by atoms with Crippen molar-refractivity contribution in [1.82, 2.24) is 10.3 Å². The molecule has 0 aliphatic rings. The second-order valence-electron chi connectivity index (χ2n) is 5.64. The highest BCUT2D eigenvalue weighted by molar-refractivity contribution is 6.06. The Labute approximate surface area is 130 Å². The minimum Gasteiger partial charge on any atom is -0.361 e. The molecule has 3 nitrogen and oxygen atoms in total. The van der Waals surface area contributed by atoms with Crippen molar-refractivity contribution in [2.75, 3.05) is 0 Å². The number of amides is 1. The van der Waals surface area contributed by atoms with Crippen LogP contribution in [0, 0.1) is 0 Å². The van der Waals surface area contributed by atoms with Gasteiger partial charge in [0.1, 0.15) is 0 Å². The number of aromatic nitrogens is 1. The van der Waals surface area contributed by atoms with Crippen LogP contribution in [0.25, 0.3) is 10.9 Å². The molecule has 0 spiro atoms. The van der Waals surface area contributed by atoms with Crippen LogP contribution in [0.1, 0.15) is 29.3 Å². The number of fused-ring (bicyclic) bond motifs is 1. The van der Waals surface area contributed by atoms with Crippen LogP contribution in [0.15, 0.2) is 60.8 Å². The maximum atomic E-state index is 12.5. The SMILES string of the molecule is CC(CCc1ccccc1)NC(=O)c1cccc2[nH]ccc12. The third kappa shape index (κ3) is 3.19. The number of aryl methyl sites for hydroxylation is 1. The molecule has 0 aliphatic carbocycles. The zero-order valence-corrected chi connectivity index (χ0v) is 12.7. The Kier molecular flexibility index (Phi) is 4.24. The van der Waals surface area contributed by atoms with Gasteiger partial charge in [-0.3, -0.25) is 4.79 Å². The van der Waals surface area contributed by atoms with Gasteiger partial charge in [0.15, 0.2) is 0 Å². The molecule has 0 aliphatic heterocycles. The van der Waals surface area contributed by atoms with Gasteiger partial charge >= 0.3 is 0 Å². The Balaban J connectivity index is 1.63. The molecule has 112 valence electrons. The fourth-order valence-electron chi connectivity index (χ4n) is 2.68. The summed E-state index contributed by atoms with van der Waals surface area (Å²) in [6.07, 6.45) is 3.76. The minimum absolute atomic E-state index is 0.00855. The molecule has 2 N–H and O–H groups in total. The average molecular weight is 292 g/mol. The minimum atomic E-state index is -0.00855. The first-order valence-electron chi connectivity index (χ1n) is 7.65. The van der Waals surface area contributed by atoms with Crippen LogP contribution >= 0.6 is 0 Å². The number of carbonyl (C=O) groups excluding carboxylic acids is 1. The average Bonchev–Trinajstić information content (AvgIpc) is 3.02. The van der Waals surface area contributed by atoms with Gasteiger partial charge in [0.05, 0.1) is 0 Å². The van der Waals surface area contributed by atoms with E-state index in [1.165, 1.54) is 5.56 Å². The van der Waals surface area contributed by atoms with Crippen molar-refractivity contribution < 1.29 is 4.79 Å². The van der Waals surface area contributed by atoms with Gasteiger partial charge in [-0.15, -0.1) is 0 Å². The Bertz CT molecular complexity index is 761. The van der Waals surface area contributed by atoms with Gasteiger partial charge < -0.3 is 10.3 Å². The molecule has 3 aromatic rings. The normalized spacial score (nSPS) is 12.2. The summed E-state index contributed by atoms with van der Waals surface area (Å²) in [4.78, 5) is 15.6. The molecule has 3 rings (SSSR count). The second-order valence-corrected chi connectivity index (χ2v) is 5.64. The fourth-order valence-corrected chi connectivity index (χ4v) is 2.68. The van der Waals surface area contributed by atoms with Crippen LogP contribution in [-0.2, 0) is 6.42 Å². The van der Waals surface area contributed by atoms with Crippen molar-refractivity contribution in [2.45, 2.75) is 25.8 Å². The van der Waals surface area contributed by atoms with Gasteiger partial charge in [-0.05, 0) is 43.5 Å². The lowest BCUT2D eigenvalue weighted by Gasteiger charge is -2.14. The lowest BCUT2D eigenvalue weighted by molar-refractivity contribution is 0.0940. The number of hydrogen-bond donors (Lipinski definition) is 2. The van der Waals surface area contributed by atoms with Crippen molar-refractivity contribution in [2.24, 2.45) is 0 Å². The van der Waals surface area contributed by atoms with E-state index in [0.29, 0.717) is 0 Å². The lowest BCUT2D eigenvalue weighted by Crippen LogP contribution is -2.32. The van der Waals surface area contributed by atoms with Gasteiger partial charge in [0, 0.05) is 28.7 Å². The van der Waals surface area contributed by atoms with Crippen molar-refractivity contribution in [1.29, 1.82) is 0 Å². The van der Waals surface area contributed by atoms with Crippen LogP contribution in [0.2, 0.25) is 0 Å². The Hall–Kier alpha value is -2.55. The molecule has 0 saturated carbocycles. The van der Waals surface area contributed by atoms with E-state index in [1.807, 2.05) is 48.7 Å². The largest absolute Gasteiger partial charge is 0.361 e. The van der Waals surface area contributed by atoms with Crippen molar-refractivity contribution in [3.8, 4) is 0 Å². The maximum absolute atomic E-state index is 12.5. The van der Waals surface area contributed by atoms with Crippen molar-refractivity contribution >= 4 is 16.8 Å². The lowest BCUT2D eigenvalue weighted by atomic mass is 10.1. The van der Waals surface area contributed by atoms with Crippen LogP contribution < -0.4 is 5.32 Å². The molecule has 1 unspecified atom stereocenters. The summed E-state index contributed by atoms with van der Waals surface area (Å²) in [6, 6.07) is 18.2. The van der Waals surface area contributed by atoms with E-state index in [-0.39, 0.29) is 11.9 Å². The van der Waals surface area contributed by atoms with E-state index in [1.54, 1.807) is 0 Å². The van der Waals surface area contributed by atoms with E-state index < -0.39 is 0 Å². The third-order valence-corrected chi connectivity index (χ3v) is 3.93. The topological polar surface area (TPSA) is 44.9 Å². The summed E-state index contributed by atoms with van der Waals surface area (Å²) in [7, 11) is 0. The van der Waals surface area contributed by atoms with E-state index in [2.05, 4.69) is 29.4 Å². The number of aromatic amines is 1. The number of nitrogens with one attached hydrogen (secondary N) is 2. The van der Waals surface area contributed by atoms with Crippen LogP contribution in [-0.4, -0.2) is 16.9 Å². The number of H-pyrrole nitrogens is 1. The van der Waals surface area contributed by atoms with Gasteiger partial charge in [0.25, 0.3) is 5.91 Å². The molecule has 3 heteroatoms. The smallest absolute Gasteiger partial charge is 0.252 e. The quantitative estimate of drug-likeness (QED) is 0.735. The summed E-state index contributed by atoms with van der Waals surface area (Å²) in [5.74, 6) is -0.00855. The second kappa shape index (κ2) is 6.48. The van der Waals surface area contributed by atoms with E-state index in [0.717, 1.165) is 29.3 Å². The highest BCUT2D eigenvalue weighted by atomic mass is 16.1. The van der Waals surface area contributed by atoms with Crippen LogP contribution in [0.3, 0.4) is 0 Å². The summed E-state index contributed by atoms with van der Waals surface area (Å²) < 4.78 is 0. The number of carbonyl (C=O) groups is 1. The number of benzene rings is 2. The molecule has 1 amide bonds. The van der Waals surface area contributed by atoms with E-state index >= 15 is 0 Å². The van der Waals surface area contributed by atoms with Gasteiger partial charge in [-0.1, -0.05) is 36.4 Å². The van der Waals surface area contributed by atoms with Crippen molar-refractivity contribution in [3.05, 3.63) is 71.9 Å². The molecule has 1 heterocycles. The predicted molar refractivity (Wildman–Crippen MR) is 90.0 cm³/mol. The molecule has 0 bridgehead atoms. The first-order valence-corrected chi connectivity index (χ1v) is 7.65. The van der Waals surface area contributed by atoms with Crippen LogP contribution in [0.4, 0.5) is 0 Å². The first kappa shape index (κ1) is 14.4. The Morgan fingerprint density at radius 3 is 2.73 bits per heavy atom. The van der Waals surface area contributed by atoms with Crippen LogP contribution in [0.5, 0.6) is 0 Å². The monoisotopic (exact) mass is 292 g/mol. The van der Waals surface area contributed by atoms with Gasteiger partial charge in [0.2, 0.25) is 0 Å². The molecule has 0 fully saturated rings. The number of rotatable bonds is 5. The fraction of sp³-hybridized carbons (Fsp3) is 0.211. The van der Waals surface area contributed by atoms with E-state index in [4.69, 9.17) is 0 Å². The highest BCUT2D eigenvalue weighted by Gasteiger charge is 2.13. The Morgan fingerprint density at radius 1 is 1.09 bits per heavy atom. The summed E-state index contributed by atoms with van der Waals surface area (Å²) in [5.41, 5.74) is 3.02. The standard InChI is InChI=1S/C19H20N2O/c1-14(10-11-15-6-3-2-4-7-15)21-19(22)17-8-5-9-18-16(17)12-13-20-18/h2-9,12-14,20H,10-11H2,1H3,(H,21,22). The summed E-state index contributed by atoms with van der Waals surface area (Å²) >= 11 is 0. The number of hydrogen-bond acceptors (Lipinski definition) is 1. The third-order valence-electron chi connectivity index (χ3n) is 3.93. The van der Waals surface area contributed by atoms with Gasteiger partial charge in [-0.2, -0.15) is 0 Å². The zero-order chi connectivity index (χ0) is 15.4. The molecule has 2 aromatic carbocycles. The van der Waals surface area contributed by atoms with E-state index in [9.17, 15) is 4.79 Å². The Morgan fingerprint density at radius 2 is 1.91 bits per heavy atom. The molecular formula is C19H20N2O. The molecule has 0 saturated heterocycles. The summed E-state index contributed by atoms with van der Waals surface area (Å²) in [5, 5.41) is 4.06. The first-order chi connectivity index (χ1) is 10.7. The zero-order valence-electron chi connectivity index (χ0n) is 12.7. The predicted octanol–water partition coefficient (Wildman–Crippen LogP) is 3.92. The van der Waals surface area contributed by atoms with Gasteiger partial charge in [-0.25, -0.2) is 0 Å². The molecular weight excluding hydrogens is 272 g/mol. The molecule has 1 atom stereocenters. The van der Waals surface area contributed by atoms with Crippen molar-refractivity contribution in [3.63, 3.8) is 0 Å². The summed E-state index contributed by atoms with van der Waals surface area (Å²) in [6.45, 7) is 2.05. The molecule has 1 aromatic heterocycles. The molecule has 0 radical (unpaired) electrons.